The van der Waals surface area contributed by atoms with E-state index in [1.807, 2.05) is 33.8 Å². The van der Waals surface area contributed by atoms with Crippen molar-refractivity contribution in [3.63, 3.8) is 0 Å². The molecule has 2 aliphatic rings. The van der Waals surface area contributed by atoms with Crippen LogP contribution >= 0.6 is 0 Å². The first-order valence-electron chi connectivity index (χ1n) is 11.7. The Labute approximate surface area is 196 Å². The van der Waals surface area contributed by atoms with E-state index < -0.39 is 35.1 Å². The van der Waals surface area contributed by atoms with Crippen molar-refractivity contribution in [3.05, 3.63) is 53.1 Å². The summed E-state index contributed by atoms with van der Waals surface area (Å²) in [6, 6.07) is 5.92. The van der Waals surface area contributed by atoms with Crippen LogP contribution in [-0.4, -0.2) is 40.0 Å². The second-order valence-electron chi connectivity index (χ2n) is 10.1. The van der Waals surface area contributed by atoms with Crippen LogP contribution < -0.4 is 0 Å². The van der Waals surface area contributed by atoms with E-state index in [4.69, 9.17) is 9.47 Å². The first kappa shape index (κ1) is 25.0. The number of ether oxygens (including phenoxy) is 2. The molecular formula is C27H36O6. The molecule has 0 saturated heterocycles. The van der Waals surface area contributed by atoms with Gasteiger partial charge >= 0.3 is 11.9 Å². The molecule has 0 aromatic heterocycles. The standard InChI is InChI=1S/C27H36O6/c1-7-18(5)24(29)33-22-15-17(4)14-21(32-25(30)19-8-10-20(28)11-9-19)23-26(22,6)12-13-27(23,31)16(2)3/h7-11,15-16,21-23,28,31H,12-14H2,1-6H3/t21-,22-,23-,26-,27+/m0/s1. The SMILES string of the molecule is CC=C(C)C(=O)O[C@H]1C=C(C)C[C@H](OC(=O)c2ccc(O)cc2)[C@H]2[C@@]1(C)CC[C@@]2(O)C(C)C. The van der Waals surface area contributed by atoms with Gasteiger partial charge in [-0.25, -0.2) is 9.59 Å². The quantitative estimate of drug-likeness (QED) is 0.370. The van der Waals surface area contributed by atoms with Gasteiger partial charge in [-0.2, -0.15) is 0 Å². The van der Waals surface area contributed by atoms with Crippen molar-refractivity contribution in [2.24, 2.45) is 17.3 Å². The molecule has 0 amide bonds. The second-order valence-corrected chi connectivity index (χ2v) is 10.1. The molecular weight excluding hydrogens is 420 g/mol. The summed E-state index contributed by atoms with van der Waals surface area (Å²) in [4.78, 5) is 25.7. The Kier molecular flexibility index (Phi) is 7.08. The Bertz CT molecular complexity index is 959. The largest absolute Gasteiger partial charge is 0.508 e. The summed E-state index contributed by atoms with van der Waals surface area (Å²) in [6.45, 7) is 11.4. The van der Waals surface area contributed by atoms with Gasteiger partial charge in [0.2, 0.25) is 0 Å². The molecule has 1 saturated carbocycles. The molecule has 6 heteroatoms. The summed E-state index contributed by atoms with van der Waals surface area (Å²) in [5, 5.41) is 21.4. The van der Waals surface area contributed by atoms with Crippen molar-refractivity contribution in [3.8, 4) is 5.75 Å². The van der Waals surface area contributed by atoms with Gasteiger partial charge in [0.25, 0.3) is 0 Å². The fourth-order valence-electron chi connectivity index (χ4n) is 5.42. The lowest BCUT2D eigenvalue weighted by Gasteiger charge is -2.45. The van der Waals surface area contributed by atoms with Gasteiger partial charge in [0.15, 0.2) is 0 Å². The molecule has 0 aliphatic heterocycles. The van der Waals surface area contributed by atoms with Gasteiger partial charge in [-0.1, -0.05) is 32.4 Å². The fourth-order valence-corrected chi connectivity index (χ4v) is 5.42. The minimum atomic E-state index is -1.08. The Hall–Kier alpha value is -2.60. The van der Waals surface area contributed by atoms with Crippen molar-refractivity contribution in [2.75, 3.05) is 0 Å². The van der Waals surface area contributed by atoms with E-state index in [2.05, 4.69) is 0 Å². The molecule has 1 aromatic carbocycles. The molecule has 1 fully saturated rings. The Morgan fingerprint density at radius 2 is 1.79 bits per heavy atom. The van der Waals surface area contributed by atoms with Crippen LogP contribution in [0.3, 0.4) is 0 Å². The molecule has 180 valence electrons. The minimum Gasteiger partial charge on any atom is -0.508 e. The van der Waals surface area contributed by atoms with Gasteiger partial charge in [-0.15, -0.1) is 0 Å². The van der Waals surface area contributed by atoms with Crippen molar-refractivity contribution >= 4 is 11.9 Å². The highest BCUT2D eigenvalue weighted by Crippen LogP contribution is 2.58. The average molecular weight is 457 g/mol. The van der Waals surface area contributed by atoms with E-state index >= 15 is 0 Å². The average Bonchev–Trinajstić information content (AvgIpc) is 3.00. The lowest BCUT2D eigenvalue weighted by Crippen LogP contribution is -2.53. The molecule has 0 bridgehead atoms. The van der Waals surface area contributed by atoms with Crippen molar-refractivity contribution in [1.82, 2.24) is 0 Å². The second kappa shape index (κ2) is 9.34. The number of aliphatic hydroxyl groups is 1. The summed E-state index contributed by atoms with van der Waals surface area (Å²) in [5.41, 5.74) is 0.112. The Balaban J connectivity index is 2.01. The number of carbonyl (C=O) groups is 2. The number of allylic oxidation sites excluding steroid dienone is 1. The number of esters is 2. The third kappa shape index (κ3) is 4.72. The van der Waals surface area contributed by atoms with Crippen molar-refractivity contribution < 1.29 is 29.3 Å². The summed E-state index contributed by atoms with van der Waals surface area (Å²) in [6.07, 6.45) is 4.14. The molecule has 2 aliphatic carbocycles. The van der Waals surface area contributed by atoms with Gasteiger partial charge in [0.05, 0.1) is 11.2 Å². The summed E-state index contributed by atoms with van der Waals surface area (Å²) >= 11 is 0. The number of benzene rings is 1. The van der Waals surface area contributed by atoms with E-state index in [-0.39, 0.29) is 17.6 Å². The molecule has 0 spiro atoms. The third-order valence-electron chi connectivity index (χ3n) is 7.64. The van der Waals surface area contributed by atoms with E-state index in [1.54, 1.807) is 19.9 Å². The van der Waals surface area contributed by atoms with E-state index in [9.17, 15) is 19.8 Å². The van der Waals surface area contributed by atoms with Crippen molar-refractivity contribution in [2.45, 2.75) is 78.6 Å². The lowest BCUT2D eigenvalue weighted by atomic mass is 9.66. The topological polar surface area (TPSA) is 93.1 Å². The zero-order chi connectivity index (χ0) is 24.6. The first-order chi connectivity index (χ1) is 15.4. The molecule has 1 aromatic rings. The Morgan fingerprint density at radius 3 is 2.36 bits per heavy atom. The predicted octanol–water partition coefficient (Wildman–Crippen LogP) is 4.95. The normalized spacial score (nSPS) is 32.1. The first-order valence-corrected chi connectivity index (χ1v) is 11.7. The van der Waals surface area contributed by atoms with Crippen LogP contribution in [-0.2, 0) is 14.3 Å². The highest BCUT2D eigenvalue weighted by molar-refractivity contribution is 5.89. The van der Waals surface area contributed by atoms with E-state index in [1.165, 1.54) is 24.3 Å². The van der Waals surface area contributed by atoms with E-state index in [0.717, 1.165) is 5.57 Å². The van der Waals surface area contributed by atoms with Gasteiger partial charge < -0.3 is 19.7 Å². The van der Waals surface area contributed by atoms with Crippen molar-refractivity contribution in [1.29, 1.82) is 0 Å². The van der Waals surface area contributed by atoms with Crippen LogP contribution in [0.15, 0.2) is 47.6 Å². The molecule has 0 radical (unpaired) electrons. The lowest BCUT2D eigenvalue weighted by molar-refractivity contribution is -0.159. The van der Waals surface area contributed by atoms with Crippen LogP contribution in [0.4, 0.5) is 0 Å². The zero-order valence-electron chi connectivity index (χ0n) is 20.4. The number of carbonyl (C=O) groups excluding carboxylic acids is 2. The maximum Gasteiger partial charge on any atom is 0.338 e. The summed E-state index contributed by atoms with van der Waals surface area (Å²) in [7, 11) is 0. The maximum atomic E-state index is 13.0. The van der Waals surface area contributed by atoms with Crippen LogP contribution in [0, 0.1) is 17.3 Å². The molecule has 2 N–H and O–H groups in total. The minimum absolute atomic E-state index is 0.0680. The smallest absolute Gasteiger partial charge is 0.338 e. The fraction of sp³-hybridized carbons (Fsp3) is 0.556. The van der Waals surface area contributed by atoms with Gasteiger partial charge in [0.1, 0.15) is 18.0 Å². The molecule has 33 heavy (non-hydrogen) atoms. The van der Waals surface area contributed by atoms with Crippen LogP contribution in [0.5, 0.6) is 5.75 Å². The van der Waals surface area contributed by atoms with Gasteiger partial charge in [0, 0.05) is 23.3 Å². The Morgan fingerprint density at radius 1 is 1.15 bits per heavy atom. The molecule has 0 heterocycles. The molecule has 6 nitrogen and oxygen atoms in total. The van der Waals surface area contributed by atoms with Crippen LogP contribution in [0.25, 0.3) is 0 Å². The number of phenolic OH excluding ortho intramolecular Hbond substituents is 1. The predicted molar refractivity (Wildman–Crippen MR) is 126 cm³/mol. The van der Waals surface area contributed by atoms with Gasteiger partial charge in [-0.3, -0.25) is 0 Å². The summed E-state index contributed by atoms with van der Waals surface area (Å²) < 4.78 is 12.0. The van der Waals surface area contributed by atoms with Gasteiger partial charge in [-0.05, 0) is 69.9 Å². The summed E-state index contributed by atoms with van der Waals surface area (Å²) in [5.74, 6) is -1.33. The number of hydrogen-bond donors (Lipinski definition) is 2. The zero-order valence-corrected chi connectivity index (χ0v) is 20.4. The number of rotatable bonds is 5. The third-order valence-corrected chi connectivity index (χ3v) is 7.64. The number of hydrogen-bond acceptors (Lipinski definition) is 6. The monoisotopic (exact) mass is 456 g/mol. The number of aromatic hydroxyl groups is 1. The highest BCUT2D eigenvalue weighted by atomic mass is 16.6. The molecule has 3 rings (SSSR count). The van der Waals surface area contributed by atoms with Crippen LogP contribution in [0.1, 0.15) is 71.2 Å². The van der Waals surface area contributed by atoms with E-state index in [0.29, 0.717) is 30.4 Å². The number of phenols is 1. The highest BCUT2D eigenvalue weighted by Gasteiger charge is 2.63. The maximum absolute atomic E-state index is 13.0. The number of fused-ring (bicyclic) bond motifs is 1. The molecule has 0 unspecified atom stereocenters. The van der Waals surface area contributed by atoms with Crippen LogP contribution in [0.2, 0.25) is 0 Å². The molecule has 5 atom stereocenters.